The molecule has 2 aromatic heterocycles. The van der Waals surface area contributed by atoms with Gasteiger partial charge in [0.25, 0.3) is 0 Å². The number of pyridine rings is 1. The zero-order valence-corrected chi connectivity index (χ0v) is 15.0. The molecule has 3 heterocycles. The van der Waals surface area contributed by atoms with Crippen molar-refractivity contribution in [2.75, 3.05) is 11.9 Å². The molecule has 1 aliphatic rings. The number of ether oxygens (including phenoxy) is 1. The Kier molecular flexibility index (Phi) is 5.09. The number of nitrogens with one attached hydrogen (secondary N) is 1. The van der Waals surface area contributed by atoms with Crippen LogP contribution in [0.3, 0.4) is 0 Å². The van der Waals surface area contributed by atoms with Gasteiger partial charge in [-0.3, -0.25) is 4.98 Å². The third-order valence-corrected chi connectivity index (χ3v) is 4.81. The summed E-state index contributed by atoms with van der Waals surface area (Å²) >= 11 is 6.22. The third kappa shape index (κ3) is 3.69. The lowest BCUT2D eigenvalue weighted by molar-refractivity contribution is 0.109. The van der Waals surface area contributed by atoms with Crippen molar-refractivity contribution in [3.8, 4) is 11.1 Å². The van der Waals surface area contributed by atoms with Gasteiger partial charge in [0.05, 0.1) is 5.69 Å². The highest BCUT2D eigenvalue weighted by Gasteiger charge is 2.23. The third-order valence-electron chi connectivity index (χ3n) is 4.44. The largest absolute Gasteiger partial charge is 0.372 e. The molecule has 132 valence electrons. The highest BCUT2D eigenvalue weighted by Crippen LogP contribution is 2.34. The van der Waals surface area contributed by atoms with Gasteiger partial charge in [-0.15, -0.1) is 0 Å². The number of nitrogens with zero attached hydrogens (tertiary/aromatic N) is 3. The summed E-state index contributed by atoms with van der Waals surface area (Å²) in [7, 11) is 0. The Labute approximate surface area is 157 Å². The fraction of sp³-hybridized carbons (Fsp3) is 0.250. The van der Waals surface area contributed by atoms with Crippen LogP contribution in [0.2, 0.25) is 5.02 Å². The van der Waals surface area contributed by atoms with Gasteiger partial charge in [0.15, 0.2) is 0 Å². The van der Waals surface area contributed by atoms with Crippen molar-refractivity contribution in [3.63, 3.8) is 0 Å². The van der Waals surface area contributed by atoms with E-state index in [1.807, 2.05) is 42.6 Å². The average Bonchev–Trinajstić information content (AvgIpc) is 3.23. The van der Waals surface area contributed by atoms with Crippen LogP contribution in [0.15, 0.2) is 55.0 Å². The van der Waals surface area contributed by atoms with Gasteiger partial charge in [-0.2, -0.15) is 0 Å². The number of aromatic nitrogens is 3. The molecule has 5 nitrogen and oxygen atoms in total. The Morgan fingerprint density at radius 2 is 2.00 bits per heavy atom. The van der Waals surface area contributed by atoms with Gasteiger partial charge in [0.2, 0.25) is 5.95 Å². The molecule has 26 heavy (non-hydrogen) atoms. The molecule has 6 heteroatoms. The zero-order valence-electron chi connectivity index (χ0n) is 14.2. The maximum atomic E-state index is 6.22. The SMILES string of the molecule is Clc1ccccc1CNc1ncc(-c2ccncc2)c([C@@H]2CCCO2)n1. The topological polar surface area (TPSA) is 59.9 Å². The summed E-state index contributed by atoms with van der Waals surface area (Å²) in [4.78, 5) is 13.3. The molecule has 0 saturated carbocycles. The van der Waals surface area contributed by atoms with Crippen LogP contribution in [0.25, 0.3) is 11.1 Å². The molecule has 4 rings (SSSR count). The molecule has 3 aromatic rings. The van der Waals surface area contributed by atoms with Crippen molar-refractivity contribution < 1.29 is 4.74 Å². The monoisotopic (exact) mass is 366 g/mol. The molecule has 1 fully saturated rings. The number of hydrogen-bond acceptors (Lipinski definition) is 5. The Morgan fingerprint density at radius 3 is 2.77 bits per heavy atom. The predicted octanol–water partition coefficient (Wildman–Crippen LogP) is 4.66. The molecule has 1 aliphatic heterocycles. The number of hydrogen-bond donors (Lipinski definition) is 1. The summed E-state index contributed by atoms with van der Waals surface area (Å²) in [6.45, 7) is 1.34. The second-order valence-electron chi connectivity index (χ2n) is 6.18. The lowest BCUT2D eigenvalue weighted by atomic mass is 10.0. The number of rotatable bonds is 5. The van der Waals surface area contributed by atoms with Gasteiger partial charge in [-0.1, -0.05) is 29.8 Å². The molecule has 0 spiro atoms. The zero-order chi connectivity index (χ0) is 17.8. The first-order valence-electron chi connectivity index (χ1n) is 8.67. The van der Waals surface area contributed by atoms with Crippen LogP contribution in [0.5, 0.6) is 0 Å². The summed E-state index contributed by atoms with van der Waals surface area (Å²) in [6, 6.07) is 11.7. The second kappa shape index (κ2) is 7.81. The average molecular weight is 367 g/mol. The van der Waals surface area contributed by atoms with E-state index in [2.05, 4.69) is 15.3 Å². The van der Waals surface area contributed by atoms with Crippen LogP contribution in [0.4, 0.5) is 5.95 Å². The van der Waals surface area contributed by atoms with Gasteiger partial charge < -0.3 is 10.1 Å². The fourth-order valence-electron chi connectivity index (χ4n) is 3.09. The first-order chi connectivity index (χ1) is 12.8. The highest BCUT2D eigenvalue weighted by molar-refractivity contribution is 6.31. The van der Waals surface area contributed by atoms with Gasteiger partial charge in [-0.05, 0) is 42.2 Å². The lowest BCUT2D eigenvalue weighted by Crippen LogP contribution is -2.09. The molecule has 0 bridgehead atoms. The van der Waals surface area contributed by atoms with Crippen LogP contribution in [0.1, 0.15) is 30.2 Å². The predicted molar refractivity (Wildman–Crippen MR) is 102 cm³/mol. The van der Waals surface area contributed by atoms with Crippen molar-refractivity contribution >= 4 is 17.5 Å². The molecular formula is C20H19ClN4O. The molecule has 0 aliphatic carbocycles. The molecule has 1 N–H and O–H groups in total. The van der Waals surface area contributed by atoms with E-state index in [1.165, 1.54) is 0 Å². The minimum Gasteiger partial charge on any atom is -0.372 e. The molecule has 1 aromatic carbocycles. The van der Waals surface area contributed by atoms with Crippen LogP contribution < -0.4 is 5.32 Å². The van der Waals surface area contributed by atoms with E-state index in [0.717, 1.165) is 46.9 Å². The summed E-state index contributed by atoms with van der Waals surface area (Å²) in [6.07, 6.45) is 7.43. The molecule has 1 saturated heterocycles. The van der Waals surface area contributed by atoms with E-state index < -0.39 is 0 Å². The van der Waals surface area contributed by atoms with Crippen molar-refractivity contribution in [3.05, 3.63) is 71.3 Å². The van der Waals surface area contributed by atoms with Crippen molar-refractivity contribution in [2.45, 2.75) is 25.5 Å². The smallest absolute Gasteiger partial charge is 0.223 e. The van der Waals surface area contributed by atoms with E-state index in [0.29, 0.717) is 12.5 Å². The van der Waals surface area contributed by atoms with Crippen LogP contribution in [-0.2, 0) is 11.3 Å². The Bertz CT molecular complexity index is 882. The molecule has 1 atom stereocenters. The maximum Gasteiger partial charge on any atom is 0.223 e. The second-order valence-corrected chi connectivity index (χ2v) is 6.58. The van der Waals surface area contributed by atoms with Crippen LogP contribution >= 0.6 is 11.6 Å². The van der Waals surface area contributed by atoms with Gasteiger partial charge in [0.1, 0.15) is 6.10 Å². The van der Waals surface area contributed by atoms with Crippen LogP contribution in [-0.4, -0.2) is 21.6 Å². The Morgan fingerprint density at radius 1 is 1.15 bits per heavy atom. The van der Waals surface area contributed by atoms with Gasteiger partial charge in [-0.25, -0.2) is 9.97 Å². The summed E-state index contributed by atoms with van der Waals surface area (Å²) in [5.74, 6) is 0.577. The van der Waals surface area contributed by atoms with E-state index >= 15 is 0 Å². The highest BCUT2D eigenvalue weighted by atomic mass is 35.5. The molecule has 0 amide bonds. The minimum atomic E-state index is 0.00188. The lowest BCUT2D eigenvalue weighted by Gasteiger charge is -2.16. The minimum absolute atomic E-state index is 0.00188. The summed E-state index contributed by atoms with van der Waals surface area (Å²) in [5, 5.41) is 4.00. The van der Waals surface area contributed by atoms with E-state index in [-0.39, 0.29) is 6.10 Å². The number of benzene rings is 1. The van der Waals surface area contributed by atoms with Crippen molar-refractivity contribution in [1.29, 1.82) is 0 Å². The summed E-state index contributed by atoms with van der Waals surface area (Å²) in [5.41, 5.74) is 3.96. The van der Waals surface area contributed by atoms with E-state index in [9.17, 15) is 0 Å². The van der Waals surface area contributed by atoms with Gasteiger partial charge >= 0.3 is 0 Å². The number of halogens is 1. The van der Waals surface area contributed by atoms with Gasteiger partial charge in [0, 0.05) is 42.3 Å². The first-order valence-corrected chi connectivity index (χ1v) is 9.05. The Balaban J connectivity index is 1.62. The van der Waals surface area contributed by atoms with E-state index in [1.54, 1.807) is 12.4 Å². The Hall–Kier alpha value is -2.50. The van der Waals surface area contributed by atoms with Crippen molar-refractivity contribution in [1.82, 2.24) is 15.0 Å². The molecule has 0 unspecified atom stereocenters. The first kappa shape index (κ1) is 16.9. The fourth-order valence-corrected chi connectivity index (χ4v) is 3.29. The summed E-state index contributed by atoms with van der Waals surface area (Å²) < 4.78 is 5.88. The quantitative estimate of drug-likeness (QED) is 0.711. The molecular weight excluding hydrogens is 348 g/mol. The molecule has 0 radical (unpaired) electrons. The normalized spacial score (nSPS) is 16.6. The van der Waals surface area contributed by atoms with Crippen molar-refractivity contribution in [2.24, 2.45) is 0 Å². The van der Waals surface area contributed by atoms with Crippen LogP contribution in [0, 0.1) is 0 Å². The van der Waals surface area contributed by atoms with E-state index in [4.69, 9.17) is 21.3 Å². The maximum absolute atomic E-state index is 6.22. The standard InChI is InChI=1S/C20H19ClN4O/c21-17-5-2-1-4-15(17)12-23-20-24-13-16(14-7-9-22-10-8-14)19(25-20)18-6-3-11-26-18/h1-2,4-5,7-10,13,18H,3,6,11-12H2,(H,23,24,25)/t18-/m0/s1. The number of anilines is 1.